The van der Waals surface area contributed by atoms with Crippen molar-refractivity contribution in [1.29, 1.82) is 0 Å². The maximum absolute atomic E-state index is 11.6. The third-order valence-corrected chi connectivity index (χ3v) is 2.20. The molecule has 1 aromatic carbocycles. The summed E-state index contributed by atoms with van der Waals surface area (Å²) in [7, 11) is 1.61. The minimum absolute atomic E-state index is 0.0342. The third kappa shape index (κ3) is 4.13. The Kier molecular flexibility index (Phi) is 3.86. The fourth-order valence-corrected chi connectivity index (χ4v) is 1.19. The van der Waals surface area contributed by atoms with Gasteiger partial charge in [0.2, 0.25) is 5.91 Å². The van der Waals surface area contributed by atoms with Crippen LogP contribution in [0, 0.1) is 0 Å². The number of para-hydroxylation sites is 1. The number of ether oxygens (including phenoxy) is 1. The van der Waals surface area contributed by atoms with Crippen LogP contribution in [-0.2, 0) is 9.53 Å². The van der Waals surface area contributed by atoms with Crippen LogP contribution in [0.4, 0.5) is 5.69 Å². The monoisotopic (exact) mass is 207 g/mol. The Hall–Kier alpha value is -1.35. The van der Waals surface area contributed by atoms with Gasteiger partial charge in [-0.25, -0.2) is 0 Å². The number of carbonyl (C=O) groups excluding carboxylic acids is 1. The molecule has 1 rings (SSSR count). The number of hydrogen-bond donors (Lipinski definition) is 1. The van der Waals surface area contributed by atoms with Crippen molar-refractivity contribution in [2.24, 2.45) is 0 Å². The molecule has 1 N–H and O–H groups in total. The standard InChI is InChI=1S/C12H17NO2/c1-12(2,15-3)9-11(14)13-10-7-5-4-6-8-10/h4-8H,9H2,1-3H3,(H,13,14). The number of nitrogens with one attached hydrogen (secondary N) is 1. The lowest BCUT2D eigenvalue weighted by atomic mass is 10.0. The van der Waals surface area contributed by atoms with Crippen LogP contribution in [0.1, 0.15) is 20.3 Å². The van der Waals surface area contributed by atoms with Crippen LogP contribution in [0.3, 0.4) is 0 Å². The highest BCUT2D eigenvalue weighted by Gasteiger charge is 2.20. The highest BCUT2D eigenvalue weighted by molar-refractivity contribution is 5.91. The average Bonchev–Trinajstić information content (AvgIpc) is 2.18. The number of benzene rings is 1. The van der Waals surface area contributed by atoms with Gasteiger partial charge in [0.05, 0.1) is 12.0 Å². The van der Waals surface area contributed by atoms with E-state index in [0.717, 1.165) is 5.69 Å². The first-order chi connectivity index (χ1) is 7.03. The molecule has 0 radical (unpaired) electrons. The molecule has 15 heavy (non-hydrogen) atoms. The summed E-state index contributed by atoms with van der Waals surface area (Å²) in [6, 6.07) is 9.40. The third-order valence-electron chi connectivity index (χ3n) is 2.20. The van der Waals surface area contributed by atoms with Gasteiger partial charge < -0.3 is 10.1 Å². The number of amides is 1. The molecule has 0 saturated carbocycles. The van der Waals surface area contributed by atoms with Gasteiger partial charge in [0, 0.05) is 12.8 Å². The first-order valence-corrected chi connectivity index (χ1v) is 4.93. The maximum atomic E-state index is 11.6. The second-order valence-corrected chi connectivity index (χ2v) is 4.05. The molecule has 0 spiro atoms. The largest absolute Gasteiger partial charge is 0.378 e. The van der Waals surface area contributed by atoms with Crippen LogP contribution in [0.5, 0.6) is 0 Å². The van der Waals surface area contributed by atoms with Gasteiger partial charge in [0.15, 0.2) is 0 Å². The zero-order chi connectivity index (χ0) is 11.3. The first kappa shape index (κ1) is 11.7. The minimum Gasteiger partial charge on any atom is -0.378 e. The Balaban J connectivity index is 2.51. The van der Waals surface area contributed by atoms with Gasteiger partial charge in [-0.3, -0.25) is 4.79 Å². The zero-order valence-corrected chi connectivity index (χ0v) is 9.41. The Bertz CT molecular complexity index is 320. The molecule has 0 saturated heterocycles. The van der Waals surface area contributed by atoms with E-state index >= 15 is 0 Å². The lowest BCUT2D eigenvalue weighted by Gasteiger charge is -2.21. The number of hydrogen-bond acceptors (Lipinski definition) is 2. The molecule has 0 fully saturated rings. The van der Waals surface area contributed by atoms with Crippen molar-refractivity contribution >= 4 is 11.6 Å². The number of methoxy groups -OCH3 is 1. The molecule has 82 valence electrons. The molecule has 0 atom stereocenters. The fourth-order valence-electron chi connectivity index (χ4n) is 1.19. The quantitative estimate of drug-likeness (QED) is 0.823. The molecular weight excluding hydrogens is 190 g/mol. The Morgan fingerprint density at radius 1 is 1.33 bits per heavy atom. The van der Waals surface area contributed by atoms with Crippen molar-refractivity contribution in [3.05, 3.63) is 30.3 Å². The van der Waals surface area contributed by atoms with Crippen molar-refractivity contribution in [2.45, 2.75) is 25.9 Å². The van der Waals surface area contributed by atoms with Gasteiger partial charge in [-0.15, -0.1) is 0 Å². The van der Waals surface area contributed by atoms with E-state index in [9.17, 15) is 4.79 Å². The van der Waals surface area contributed by atoms with E-state index in [2.05, 4.69) is 5.32 Å². The van der Waals surface area contributed by atoms with Gasteiger partial charge in [-0.05, 0) is 26.0 Å². The molecule has 0 aliphatic heterocycles. The van der Waals surface area contributed by atoms with Crippen molar-refractivity contribution in [2.75, 3.05) is 12.4 Å². The van der Waals surface area contributed by atoms with Crippen LogP contribution in [0.2, 0.25) is 0 Å². The Morgan fingerprint density at radius 2 is 1.93 bits per heavy atom. The highest BCUT2D eigenvalue weighted by Crippen LogP contribution is 2.14. The van der Waals surface area contributed by atoms with Gasteiger partial charge >= 0.3 is 0 Å². The van der Waals surface area contributed by atoms with Crippen LogP contribution in [0.25, 0.3) is 0 Å². The maximum Gasteiger partial charge on any atom is 0.227 e. The summed E-state index contributed by atoms with van der Waals surface area (Å²) in [6.07, 6.45) is 0.346. The van der Waals surface area contributed by atoms with Crippen molar-refractivity contribution in [1.82, 2.24) is 0 Å². The molecule has 0 aliphatic carbocycles. The van der Waals surface area contributed by atoms with E-state index in [1.807, 2.05) is 44.2 Å². The van der Waals surface area contributed by atoms with Crippen molar-refractivity contribution in [3.8, 4) is 0 Å². The lowest BCUT2D eigenvalue weighted by Crippen LogP contribution is -2.29. The average molecular weight is 207 g/mol. The number of anilines is 1. The molecule has 0 unspecified atom stereocenters. The lowest BCUT2D eigenvalue weighted by molar-refractivity contribution is -0.121. The summed E-state index contributed by atoms with van der Waals surface area (Å²) in [5.41, 5.74) is 0.396. The van der Waals surface area contributed by atoms with Crippen molar-refractivity contribution in [3.63, 3.8) is 0 Å². The second kappa shape index (κ2) is 4.94. The molecule has 3 nitrogen and oxygen atoms in total. The molecule has 0 aliphatic rings. The van der Waals surface area contributed by atoms with E-state index in [-0.39, 0.29) is 5.91 Å². The van der Waals surface area contributed by atoms with Gasteiger partial charge in [-0.1, -0.05) is 18.2 Å². The SMILES string of the molecule is COC(C)(C)CC(=O)Nc1ccccc1. The van der Waals surface area contributed by atoms with Gasteiger partial charge in [0.25, 0.3) is 0 Å². The summed E-state index contributed by atoms with van der Waals surface area (Å²) in [5.74, 6) is -0.0342. The van der Waals surface area contributed by atoms with Gasteiger partial charge in [-0.2, -0.15) is 0 Å². The van der Waals surface area contributed by atoms with E-state index in [1.54, 1.807) is 7.11 Å². The zero-order valence-electron chi connectivity index (χ0n) is 9.41. The molecule has 0 bridgehead atoms. The predicted molar refractivity (Wildman–Crippen MR) is 60.8 cm³/mol. The predicted octanol–water partition coefficient (Wildman–Crippen LogP) is 2.44. The molecule has 0 heterocycles. The molecule has 1 amide bonds. The summed E-state index contributed by atoms with van der Waals surface area (Å²) in [5, 5.41) is 2.81. The Morgan fingerprint density at radius 3 is 2.47 bits per heavy atom. The Labute approximate surface area is 90.4 Å². The smallest absolute Gasteiger partial charge is 0.227 e. The van der Waals surface area contributed by atoms with Gasteiger partial charge in [0.1, 0.15) is 0 Å². The second-order valence-electron chi connectivity index (χ2n) is 4.05. The topological polar surface area (TPSA) is 38.3 Å². The van der Waals surface area contributed by atoms with Crippen LogP contribution >= 0.6 is 0 Å². The molecule has 1 aromatic rings. The van der Waals surface area contributed by atoms with Crippen LogP contribution in [-0.4, -0.2) is 18.6 Å². The summed E-state index contributed by atoms with van der Waals surface area (Å²) in [4.78, 5) is 11.6. The van der Waals surface area contributed by atoms with E-state index in [0.29, 0.717) is 6.42 Å². The molecule has 0 aromatic heterocycles. The number of carbonyl (C=O) groups is 1. The summed E-state index contributed by atoms with van der Waals surface area (Å²) in [6.45, 7) is 3.77. The molecular formula is C12H17NO2. The minimum atomic E-state index is -0.418. The van der Waals surface area contributed by atoms with E-state index in [1.165, 1.54) is 0 Å². The van der Waals surface area contributed by atoms with Crippen molar-refractivity contribution < 1.29 is 9.53 Å². The van der Waals surface area contributed by atoms with E-state index in [4.69, 9.17) is 4.74 Å². The fraction of sp³-hybridized carbons (Fsp3) is 0.417. The summed E-state index contributed by atoms with van der Waals surface area (Å²) < 4.78 is 5.19. The summed E-state index contributed by atoms with van der Waals surface area (Å²) >= 11 is 0. The highest BCUT2D eigenvalue weighted by atomic mass is 16.5. The van der Waals surface area contributed by atoms with Crippen LogP contribution in [0.15, 0.2) is 30.3 Å². The number of rotatable bonds is 4. The first-order valence-electron chi connectivity index (χ1n) is 4.93. The van der Waals surface area contributed by atoms with E-state index < -0.39 is 5.60 Å². The van der Waals surface area contributed by atoms with Crippen LogP contribution < -0.4 is 5.32 Å². The molecule has 3 heteroatoms. The normalized spacial score (nSPS) is 11.1.